The molecule has 3 heterocycles. The van der Waals surface area contributed by atoms with Crippen LogP contribution in [0.25, 0.3) is 0 Å². The van der Waals surface area contributed by atoms with Crippen LogP contribution in [0.1, 0.15) is 23.2 Å². The van der Waals surface area contributed by atoms with Gasteiger partial charge in [-0.1, -0.05) is 11.6 Å². The van der Waals surface area contributed by atoms with Gasteiger partial charge in [-0.25, -0.2) is 4.98 Å². The Morgan fingerprint density at radius 1 is 1.42 bits per heavy atom. The Balaban J connectivity index is 1.76. The number of pyridine rings is 1. The van der Waals surface area contributed by atoms with Crippen LogP contribution >= 0.6 is 11.6 Å². The topological polar surface area (TPSA) is 53.5 Å². The molecule has 1 atom stereocenters. The third-order valence-electron chi connectivity index (χ3n) is 3.77. The van der Waals surface area contributed by atoms with Crippen molar-refractivity contribution < 1.29 is 9.59 Å². The van der Waals surface area contributed by atoms with E-state index in [0.29, 0.717) is 31.6 Å². The third kappa shape index (κ3) is 2.18. The van der Waals surface area contributed by atoms with Crippen molar-refractivity contribution in [3.63, 3.8) is 0 Å². The van der Waals surface area contributed by atoms with Crippen molar-refractivity contribution in [2.24, 2.45) is 0 Å². The summed E-state index contributed by atoms with van der Waals surface area (Å²) in [5.41, 5.74) is 0.432. The molecule has 6 heteroatoms. The maximum atomic E-state index is 12.4. The number of rotatable bonds is 1. The van der Waals surface area contributed by atoms with E-state index in [4.69, 9.17) is 11.6 Å². The van der Waals surface area contributed by atoms with Crippen molar-refractivity contribution in [2.45, 2.75) is 18.9 Å². The van der Waals surface area contributed by atoms with Crippen LogP contribution in [0.3, 0.4) is 0 Å². The fraction of sp³-hybridized carbons (Fsp3) is 0.462. The molecule has 100 valence electrons. The van der Waals surface area contributed by atoms with E-state index >= 15 is 0 Å². The van der Waals surface area contributed by atoms with Crippen LogP contribution in [0, 0.1) is 0 Å². The molecular weight excluding hydrogens is 266 g/mol. The molecule has 2 fully saturated rings. The SMILES string of the molecule is O=C(c1cccnc1Cl)N1CCN2C(=O)CCC2C1. The fourth-order valence-electron chi connectivity index (χ4n) is 2.76. The summed E-state index contributed by atoms with van der Waals surface area (Å²) in [4.78, 5) is 31.6. The highest BCUT2D eigenvalue weighted by atomic mass is 35.5. The number of fused-ring (bicyclic) bond motifs is 1. The molecule has 1 unspecified atom stereocenters. The van der Waals surface area contributed by atoms with E-state index in [-0.39, 0.29) is 23.0 Å². The molecule has 3 rings (SSSR count). The molecule has 2 amide bonds. The van der Waals surface area contributed by atoms with Gasteiger partial charge in [-0.3, -0.25) is 9.59 Å². The summed E-state index contributed by atoms with van der Waals surface area (Å²) < 4.78 is 0. The zero-order valence-corrected chi connectivity index (χ0v) is 11.1. The van der Waals surface area contributed by atoms with E-state index < -0.39 is 0 Å². The first-order valence-corrected chi connectivity index (χ1v) is 6.74. The molecule has 0 bridgehead atoms. The molecule has 5 nitrogen and oxygen atoms in total. The van der Waals surface area contributed by atoms with E-state index in [0.717, 1.165) is 6.42 Å². The van der Waals surface area contributed by atoms with Gasteiger partial charge in [0, 0.05) is 38.3 Å². The normalized spacial score (nSPS) is 22.6. The third-order valence-corrected chi connectivity index (χ3v) is 4.07. The molecule has 0 aromatic carbocycles. The Hall–Kier alpha value is -1.62. The van der Waals surface area contributed by atoms with Crippen LogP contribution in [-0.4, -0.2) is 52.3 Å². The molecule has 2 saturated heterocycles. The standard InChI is InChI=1S/C13H14ClN3O2/c14-12-10(2-1-5-15-12)13(19)16-6-7-17-9(8-16)3-4-11(17)18/h1-2,5,9H,3-4,6-8H2. The van der Waals surface area contributed by atoms with Gasteiger partial charge in [-0.2, -0.15) is 0 Å². The van der Waals surface area contributed by atoms with Crippen LogP contribution in [0.4, 0.5) is 0 Å². The Bertz CT molecular complexity index is 534. The molecule has 1 aromatic heterocycles. The first kappa shape index (κ1) is 12.4. The second-order valence-corrected chi connectivity index (χ2v) is 5.23. The van der Waals surface area contributed by atoms with Crippen molar-refractivity contribution in [1.29, 1.82) is 0 Å². The van der Waals surface area contributed by atoms with Crippen molar-refractivity contribution in [3.8, 4) is 0 Å². The maximum absolute atomic E-state index is 12.4. The van der Waals surface area contributed by atoms with E-state index in [2.05, 4.69) is 4.98 Å². The molecule has 19 heavy (non-hydrogen) atoms. The monoisotopic (exact) mass is 279 g/mol. The van der Waals surface area contributed by atoms with Crippen molar-refractivity contribution >= 4 is 23.4 Å². The van der Waals surface area contributed by atoms with Crippen LogP contribution in [0.2, 0.25) is 5.15 Å². The molecular formula is C13H14ClN3O2. The van der Waals surface area contributed by atoms with Gasteiger partial charge in [0.25, 0.3) is 5.91 Å². The second kappa shape index (κ2) is 4.81. The van der Waals surface area contributed by atoms with Crippen molar-refractivity contribution in [1.82, 2.24) is 14.8 Å². The predicted octanol–water partition coefficient (Wildman–Crippen LogP) is 1.18. The molecule has 0 saturated carbocycles. The lowest BCUT2D eigenvalue weighted by atomic mass is 10.1. The summed E-state index contributed by atoms with van der Waals surface area (Å²) >= 11 is 5.95. The molecule has 0 N–H and O–H groups in total. The molecule has 2 aliphatic heterocycles. The zero-order chi connectivity index (χ0) is 13.4. The van der Waals surface area contributed by atoms with E-state index in [1.807, 2.05) is 4.90 Å². The van der Waals surface area contributed by atoms with Crippen LogP contribution in [0.15, 0.2) is 18.3 Å². The number of hydrogen-bond donors (Lipinski definition) is 0. The van der Waals surface area contributed by atoms with Gasteiger partial charge in [0.1, 0.15) is 5.15 Å². The molecule has 2 aliphatic rings. The first-order valence-electron chi connectivity index (χ1n) is 6.36. The minimum Gasteiger partial charge on any atom is -0.336 e. The summed E-state index contributed by atoms with van der Waals surface area (Å²) in [5, 5.41) is 0.234. The van der Waals surface area contributed by atoms with Gasteiger partial charge < -0.3 is 9.80 Å². The summed E-state index contributed by atoms with van der Waals surface area (Å²) in [6.07, 6.45) is 3.00. The lowest BCUT2D eigenvalue weighted by Gasteiger charge is -2.37. The Morgan fingerprint density at radius 3 is 3.05 bits per heavy atom. The van der Waals surface area contributed by atoms with E-state index in [9.17, 15) is 9.59 Å². The van der Waals surface area contributed by atoms with E-state index in [1.165, 1.54) is 0 Å². The maximum Gasteiger partial charge on any atom is 0.257 e. The Kier molecular flexibility index (Phi) is 3.14. The van der Waals surface area contributed by atoms with Gasteiger partial charge in [0.2, 0.25) is 5.91 Å². The number of amides is 2. The smallest absolute Gasteiger partial charge is 0.257 e. The van der Waals surface area contributed by atoms with Crippen LogP contribution < -0.4 is 0 Å². The number of piperazine rings is 1. The molecule has 0 radical (unpaired) electrons. The molecule has 0 aliphatic carbocycles. The summed E-state index contributed by atoms with van der Waals surface area (Å²) in [5.74, 6) is 0.105. The highest BCUT2D eigenvalue weighted by Crippen LogP contribution is 2.24. The fourth-order valence-corrected chi connectivity index (χ4v) is 2.96. The van der Waals surface area contributed by atoms with Gasteiger partial charge in [0.15, 0.2) is 0 Å². The first-order chi connectivity index (χ1) is 9.16. The average molecular weight is 280 g/mol. The van der Waals surface area contributed by atoms with Crippen LogP contribution in [-0.2, 0) is 4.79 Å². The van der Waals surface area contributed by atoms with E-state index in [1.54, 1.807) is 23.2 Å². The van der Waals surface area contributed by atoms with Crippen molar-refractivity contribution in [2.75, 3.05) is 19.6 Å². The van der Waals surface area contributed by atoms with Crippen LogP contribution in [0.5, 0.6) is 0 Å². The number of hydrogen-bond acceptors (Lipinski definition) is 3. The van der Waals surface area contributed by atoms with Gasteiger partial charge >= 0.3 is 0 Å². The zero-order valence-electron chi connectivity index (χ0n) is 10.4. The number of carbonyl (C=O) groups excluding carboxylic acids is 2. The molecule has 0 spiro atoms. The number of halogens is 1. The summed E-state index contributed by atoms with van der Waals surface area (Å²) in [6, 6.07) is 3.55. The second-order valence-electron chi connectivity index (χ2n) is 4.87. The van der Waals surface area contributed by atoms with Crippen molar-refractivity contribution in [3.05, 3.63) is 29.0 Å². The quantitative estimate of drug-likeness (QED) is 0.726. The Labute approximate surface area is 116 Å². The van der Waals surface area contributed by atoms with Gasteiger partial charge in [0.05, 0.1) is 5.56 Å². The van der Waals surface area contributed by atoms with Gasteiger partial charge in [-0.15, -0.1) is 0 Å². The average Bonchev–Trinajstić information content (AvgIpc) is 2.80. The lowest BCUT2D eigenvalue weighted by Crippen LogP contribution is -2.53. The summed E-state index contributed by atoms with van der Waals surface area (Å²) in [7, 11) is 0. The minimum atomic E-state index is -0.0999. The summed E-state index contributed by atoms with van der Waals surface area (Å²) in [6.45, 7) is 1.77. The number of aromatic nitrogens is 1. The Morgan fingerprint density at radius 2 is 2.26 bits per heavy atom. The largest absolute Gasteiger partial charge is 0.336 e. The minimum absolute atomic E-state index is 0.0999. The molecule has 1 aromatic rings. The van der Waals surface area contributed by atoms with Gasteiger partial charge in [-0.05, 0) is 18.6 Å². The number of carbonyl (C=O) groups is 2. The highest BCUT2D eigenvalue weighted by Gasteiger charge is 2.37. The highest BCUT2D eigenvalue weighted by molar-refractivity contribution is 6.32. The predicted molar refractivity (Wildman–Crippen MR) is 69.9 cm³/mol. The lowest BCUT2D eigenvalue weighted by molar-refractivity contribution is -0.130. The number of nitrogens with zero attached hydrogens (tertiary/aromatic N) is 3.